The van der Waals surface area contributed by atoms with Crippen LogP contribution in [-0.4, -0.2) is 37.1 Å². The lowest BCUT2D eigenvalue weighted by Crippen LogP contribution is -2.35. The molecule has 1 aromatic heterocycles. The van der Waals surface area contributed by atoms with E-state index >= 15 is 0 Å². The van der Waals surface area contributed by atoms with Crippen LogP contribution in [0.5, 0.6) is 17.2 Å². The van der Waals surface area contributed by atoms with Crippen LogP contribution in [0.25, 0.3) is 0 Å². The Labute approximate surface area is 168 Å². The Morgan fingerprint density at radius 1 is 0.966 bits per heavy atom. The predicted octanol–water partition coefficient (Wildman–Crippen LogP) is 3.69. The Morgan fingerprint density at radius 3 is 2.55 bits per heavy atom. The molecule has 7 heteroatoms. The van der Waals surface area contributed by atoms with E-state index in [1.165, 1.54) is 0 Å². The lowest BCUT2D eigenvalue weighted by atomic mass is 9.73. The van der Waals surface area contributed by atoms with Crippen LogP contribution < -0.4 is 14.2 Å². The van der Waals surface area contributed by atoms with E-state index in [9.17, 15) is 0 Å². The van der Waals surface area contributed by atoms with Gasteiger partial charge in [-0.3, -0.25) is 0 Å². The standard InChI is InChI=1S/C22H22N2O5/c1-25-16-7-3-2-6-15(16)22(10-12-26-13-11-22)21-24-23-20(29-21)19-14-27-17-8-4-5-9-18(17)28-19/h2-9,19H,10-14H2,1H3/t19-/m1/s1. The zero-order valence-corrected chi connectivity index (χ0v) is 16.2. The van der Waals surface area contributed by atoms with Crippen molar-refractivity contribution in [1.82, 2.24) is 10.2 Å². The van der Waals surface area contributed by atoms with Crippen molar-refractivity contribution in [3.05, 3.63) is 65.9 Å². The molecule has 1 atom stereocenters. The molecule has 2 aliphatic rings. The Hall–Kier alpha value is -3.06. The average molecular weight is 394 g/mol. The molecule has 0 amide bonds. The molecule has 2 aliphatic heterocycles. The summed E-state index contributed by atoms with van der Waals surface area (Å²) in [7, 11) is 1.68. The molecule has 29 heavy (non-hydrogen) atoms. The number of aromatic nitrogens is 2. The zero-order valence-electron chi connectivity index (χ0n) is 16.2. The number of hydrogen-bond acceptors (Lipinski definition) is 7. The number of rotatable bonds is 4. The minimum Gasteiger partial charge on any atom is -0.496 e. The zero-order chi connectivity index (χ0) is 19.7. The quantitative estimate of drug-likeness (QED) is 0.668. The normalized spacial score (nSPS) is 20.2. The van der Waals surface area contributed by atoms with Crippen LogP contribution >= 0.6 is 0 Å². The van der Waals surface area contributed by atoms with E-state index in [0.717, 1.165) is 29.9 Å². The third kappa shape index (κ3) is 3.11. The fourth-order valence-corrected chi connectivity index (χ4v) is 4.06. The molecule has 0 aliphatic carbocycles. The second-order valence-electron chi connectivity index (χ2n) is 7.20. The lowest BCUT2D eigenvalue weighted by molar-refractivity contribution is 0.0474. The first-order valence-electron chi connectivity index (χ1n) is 9.74. The molecule has 5 rings (SSSR count). The van der Waals surface area contributed by atoms with Crippen molar-refractivity contribution in [3.8, 4) is 17.2 Å². The van der Waals surface area contributed by atoms with Crippen molar-refractivity contribution in [2.75, 3.05) is 26.9 Å². The van der Waals surface area contributed by atoms with Gasteiger partial charge in [0.1, 0.15) is 12.4 Å². The summed E-state index contributed by atoms with van der Waals surface area (Å²) in [6, 6.07) is 15.5. The fourth-order valence-electron chi connectivity index (χ4n) is 4.06. The van der Waals surface area contributed by atoms with Gasteiger partial charge in [-0.1, -0.05) is 30.3 Å². The van der Waals surface area contributed by atoms with Crippen molar-refractivity contribution >= 4 is 0 Å². The van der Waals surface area contributed by atoms with Gasteiger partial charge in [-0.25, -0.2) is 0 Å². The van der Waals surface area contributed by atoms with E-state index in [1.807, 2.05) is 42.5 Å². The van der Waals surface area contributed by atoms with Gasteiger partial charge in [0, 0.05) is 18.8 Å². The lowest BCUT2D eigenvalue weighted by Gasteiger charge is -2.35. The topological polar surface area (TPSA) is 75.8 Å². The number of para-hydroxylation sites is 3. The van der Waals surface area contributed by atoms with Crippen molar-refractivity contribution in [3.63, 3.8) is 0 Å². The minimum atomic E-state index is -0.455. The second kappa shape index (κ2) is 7.40. The molecule has 0 bridgehead atoms. The van der Waals surface area contributed by atoms with Gasteiger partial charge in [-0.05, 0) is 31.0 Å². The number of ether oxygens (including phenoxy) is 4. The Balaban J connectivity index is 1.50. The summed E-state index contributed by atoms with van der Waals surface area (Å²) in [5, 5.41) is 8.74. The summed E-state index contributed by atoms with van der Waals surface area (Å²) in [4.78, 5) is 0. The van der Waals surface area contributed by atoms with E-state index < -0.39 is 11.5 Å². The molecule has 1 fully saturated rings. The van der Waals surface area contributed by atoms with Crippen LogP contribution in [0, 0.1) is 0 Å². The molecule has 3 aromatic rings. The fraction of sp³-hybridized carbons (Fsp3) is 0.364. The molecule has 0 spiro atoms. The number of hydrogen-bond donors (Lipinski definition) is 0. The summed E-state index contributed by atoms with van der Waals surface area (Å²) in [5.41, 5.74) is 0.580. The highest BCUT2D eigenvalue weighted by Crippen LogP contribution is 2.45. The number of methoxy groups -OCH3 is 1. The first-order chi connectivity index (χ1) is 14.3. The maximum atomic E-state index is 6.20. The van der Waals surface area contributed by atoms with Gasteiger partial charge in [0.05, 0.1) is 12.5 Å². The van der Waals surface area contributed by atoms with E-state index in [1.54, 1.807) is 7.11 Å². The molecule has 1 saturated heterocycles. The van der Waals surface area contributed by atoms with Gasteiger partial charge < -0.3 is 23.4 Å². The van der Waals surface area contributed by atoms with Crippen LogP contribution in [0.2, 0.25) is 0 Å². The number of fused-ring (bicyclic) bond motifs is 1. The molecule has 0 radical (unpaired) electrons. The second-order valence-corrected chi connectivity index (χ2v) is 7.20. The van der Waals surface area contributed by atoms with Gasteiger partial charge in [0.2, 0.25) is 12.0 Å². The van der Waals surface area contributed by atoms with Crippen LogP contribution in [0.1, 0.15) is 36.3 Å². The van der Waals surface area contributed by atoms with E-state index in [4.69, 9.17) is 23.4 Å². The Kier molecular flexibility index (Phi) is 4.60. The average Bonchev–Trinajstić information content (AvgIpc) is 3.30. The maximum absolute atomic E-state index is 6.20. The van der Waals surface area contributed by atoms with Gasteiger partial charge in [-0.15, -0.1) is 10.2 Å². The SMILES string of the molecule is COc1ccccc1C1(c2nnc([C@H]3COc4ccccc4O3)o2)CCOCC1. The van der Waals surface area contributed by atoms with Crippen LogP contribution in [0.4, 0.5) is 0 Å². The molecule has 3 heterocycles. The monoisotopic (exact) mass is 394 g/mol. The molecular weight excluding hydrogens is 372 g/mol. The third-order valence-electron chi connectivity index (χ3n) is 5.60. The highest BCUT2D eigenvalue weighted by Gasteiger charge is 2.44. The molecule has 2 aromatic carbocycles. The Bertz CT molecular complexity index is 996. The van der Waals surface area contributed by atoms with Crippen LogP contribution in [0.3, 0.4) is 0 Å². The Morgan fingerprint density at radius 2 is 1.72 bits per heavy atom. The van der Waals surface area contributed by atoms with Gasteiger partial charge in [0.15, 0.2) is 11.5 Å². The van der Waals surface area contributed by atoms with E-state index in [0.29, 0.717) is 37.4 Å². The maximum Gasteiger partial charge on any atom is 0.260 e. The van der Waals surface area contributed by atoms with E-state index in [2.05, 4.69) is 16.3 Å². The summed E-state index contributed by atoms with van der Waals surface area (Å²) in [6.07, 6.45) is 1.03. The summed E-state index contributed by atoms with van der Waals surface area (Å²) in [5.74, 6) is 3.17. The van der Waals surface area contributed by atoms with Crippen molar-refractivity contribution in [1.29, 1.82) is 0 Å². The van der Waals surface area contributed by atoms with Crippen molar-refractivity contribution in [2.24, 2.45) is 0 Å². The summed E-state index contributed by atoms with van der Waals surface area (Å²) < 4.78 is 29.3. The first kappa shape index (κ1) is 18.0. The first-order valence-corrected chi connectivity index (χ1v) is 9.74. The molecule has 7 nitrogen and oxygen atoms in total. The molecule has 0 saturated carbocycles. The largest absolute Gasteiger partial charge is 0.496 e. The van der Waals surface area contributed by atoms with Crippen LogP contribution in [0.15, 0.2) is 52.9 Å². The van der Waals surface area contributed by atoms with Crippen LogP contribution in [-0.2, 0) is 10.2 Å². The summed E-state index contributed by atoms with van der Waals surface area (Å²) >= 11 is 0. The van der Waals surface area contributed by atoms with Crippen molar-refractivity contribution < 1.29 is 23.4 Å². The highest BCUT2D eigenvalue weighted by molar-refractivity contribution is 5.44. The predicted molar refractivity (Wildman–Crippen MR) is 103 cm³/mol. The van der Waals surface area contributed by atoms with Gasteiger partial charge in [0.25, 0.3) is 5.89 Å². The number of benzene rings is 2. The number of nitrogens with zero attached hydrogens (tertiary/aromatic N) is 2. The third-order valence-corrected chi connectivity index (χ3v) is 5.60. The van der Waals surface area contributed by atoms with E-state index in [-0.39, 0.29) is 0 Å². The van der Waals surface area contributed by atoms with Gasteiger partial charge >= 0.3 is 0 Å². The molecule has 150 valence electrons. The van der Waals surface area contributed by atoms with Crippen molar-refractivity contribution in [2.45, 2.75) is 24.4 Å². The molecular formula is C22H22N2O5. The smallest absolute Gasteiger partial charge is 0.260 e. The summed E-state index contributed by atoms with van der Waals surface area (Å²) in [6.45, 7) is 1.56. The minimum absolute atomic E-state index is 0.323. The molecule has 0 unspecified atom stereocenters. The van der Waals surface area contributed by atoms with Gasteiger partial charge in [-0.2, -0.15) is 0 Å². The molecule has 0 N–H and O–H groups in total. The highest BCUT2D eigenvalue weighted by atomic mass is 16.6.